The topological polar surface area (TPSA) is 50.4 Å². The van der Waals surface area contributed by atoms with Crippen molar-refractivity contribution in [3.63, 3.8) is 0 Å². The minimum Gasteiger partial charge on any atom is -0.377 e. The van der Waals surface area contributed by atoms with Gasteiger partial charge in [-0.1, -0.05) is 25.1 Å². The summed E-state index contributed by atoms with van der Waals surface area (Å²) >= 11 is 0. The molecule has 1 amide bonds. The summed E-state index contributed by atoms with van der Waals surface area (Å²) in [4.78, 5) is 12.3. The zero-order valence-electron chi connectivity index (χ0n) is 12.3. The van der Waals surface area contributed by atoms with Crippen molar-refractivity contribution in [2.75, 3.05) is 18.5 Å². The second kappa shape index (κ2) is 7.41. The number of hydrogen-bond acceptors (Lipinski definition) is 3. The van der Waals surface area contributed by atoms with Crippen molar-refractivity contribution in [3.8, 4) is 0 Å². The van der Waals surface area contributed by atoms with Crippen LogP contribution in [0.25, 0.3) is 0 Å². The molecule has 0 spiro atoms. The molecule has 1 aromatic carbocycles. The zero-order chi connectivity index (χ0) is 14.4. The molecule has 1 saturated heterocycles. The molecular formula is C16H24N2O2. The Kier molecular flexibility index (Phi) is 5.56. The summed E-state index contributed by atoms with van der Waals surface area (Å²) in [6.45, 7) is 6.28. The van der Waals surface area contributed by atoms with Crippen LogP contribution in [0.15, 0.2) is 24.3 Å². The highest BCUT2D eigenvalue weighted by atomic mass is 16.5. The maximum absolute atomic E-state index is 12.3. The van der Waals surface area contributed by atoms with Crippen LogP contribution in [0, 0.1) is 5.92 Å². The number of carbonyl (C=O) groups is 1. The number of piperidine rings is 1. The van der Waals surface area contributed by atoms with Crippen LogP contribution >= 0.6 is 0 Å². The summed E-state index contributed by atoms with van der Waals surface area (Å²) in [5.41, 5.74) is 1.87. The molecule has 4 heteroatoms. The molecule has 4 nitrogen and oxygen atoms in total. The second-order valence-corrected chi connectivity index (χ2v) is 5.42. The normalized spacial score (nSPS) is 22.5. The first-order chi connectivity index (χ1) is 9.70. The standard InChI is InChI=1S/C16H24N2O2/c1-3-20-11-13-6-4-5-7-14(13)18-16(19)15-10-12(2)8-9-17-15/h4-7,12,15,17H,3,8-11H2,1-2H3,(H,18,19). The van der Waals surface area contributed by atoms with Gasteiger partial charge in [-0.15, -0.1) is 0 Å². The first kappa shape index (κ1) is 15.0. The van der Waals surface area contributed by atoms with Crippen molar-refractivity contribution in [1.82, 2.24) is 5.32 Å². The van der Waals surface area contributed by atoms with E-state index in [-0.39, 0.29) is 11.9 Å². The van der Waals surface area contributed by atoms with Crippen molar-refractivity contribution in [2.45, 2.75) is 39.3 Å². The molecule has 1 aromatic rings. The van der Waals surface area contributed by atoms with Crippen molar-refractivity contribution in [3.05, 3.63) is 29.8 Å². The van der Waals surface area contributed by atoms with Crippen LogP contribution in [-0.4, -0.2) is 25.1 Å². The molecular weight excluding hydrogens is 252 g/mol. The minimum absolute atomic E-state index is 0.0560. The summed E-state index contributed by atoms with van der Waals surface area (Å²) in [5.74, 6) is 0.658. The summed E-state index contributed by atoms with van der Waals surface area (Å²) in [5, 5.41) is 6.32. The van der Waals surface area contributed by atoms with Gasteiger partial charge in [0, 0.05) is 17.9 Å². The number of benzene rings is 1. The lowest BCUT2D eigenvalue weighted by atomic mass is 9.94. The highest BCUT2D eigenvalue weighted by molar-refractivity contribution is 5.95. The third-order valence-electron chi connectivity index (χ3n) is 3.72. The average Bonchev–Trinajstić information content (AvgIpc) is 2.46. The fraction of sp³-hybridized carbons (Fsp3) is 0.562. The molecule has 1 aliphatic heterocycles. The highest BCUT2D eigenvalue weighted by Gasteiger charge is 2.24. The van der Waals surface area contributed by atoms with E-state index in [1.54, 1.807) is 0 Å². The molecule has 0 saturated carbocycles. The molecule has 2 unspecified atom stereocenters. The van der Waals surface area contributed by atoms with Crippen LogP contribution in [0.2, 0.25) is 0 Å². The second-order valence-electron chi connectivity index (χ2n) is 5.42. The van der Waals surface area contributed by atoms with Crippen molar-refractivity contribution < 1.29 is 9.53 Å². The summed E-state index contributed by atoms with van der Waals surface area (Å²) in [6, 6.07) is 7.73. The van der Waals surface area contributed by atoms with Gasteiger partial charge < -0.3 is 15.4 Å². The maximum Gasteiger partial charge on any atom is 0.241 e. The molecule has 0 radical (unpaired) electrons. The Balaban J connectivity index is 1.99. The molecule has 0 aromatic heterocycles. The van der Waals surface area contributed by atoms with E-state index in [9.17, 15) is 4.79 Å². The third kappa shape index (κ3) is 4.05. The maximum atomic E-state index is 12.3. The van der Waals surface area contributed by atoms with Gasteiger partial charge in [0.1, 0.15) is 0 Å². The fourth-order valence-corrected chi connectivity index (χ4v) is 2.51. The number of nitrogens with one attached hydrogen (secondary N) is 2. The van der Waals surface area contributed by atoms with Crippen molar-refractivity contribution >= 4 is 11.6 Å². The molecule has 20 heavy (non-hydrogen) atoms. The molecule has 0 aliphatic carbocycles. The summed E-state index contributed by atoms with van der Waals surface area (Å²) in [7, 11) is 0. The number of hydrogen-bond donors (Lipinski definition) is 2. The van der Waals surface area contributed by atoms with Crippen LogP contribution in [0.5, 0.6) is 0 Å². The zero-order valence-corrected chi connectivity index (χ0v) is 12.3. The molecule has 2 atom stereocenters. The van der Waals surface area contributed by atoms with E-state index in [2.05, 4.69) is 17.6 Å². The van der Waals surface area contributed by atoms with Crippen LogP contribution < -0.4 is 10.6 Å². The minimum atomic E-state index is -0.0844. The molecule has 1 aliphatic rings. The van der Waals surface area contributed by atoms with Crippen LogP contribution in [0.3, 0.4) is 0 Å². The Morgan fingerprint density at radius 1 is 1.45 bits per heavy atom. The largest absolute Gasteiger partial charge is 0.377 e. The van der Waals surface area contributed by atoms with Crippen LogP contribution in [-0.2, 0) is 16.1 Å². The SMILES string of the molecule is CCOCc1ccccc1NC(=O)C1CC(C)CCN1. The van der Waals surface area contributed by atoms with Gasteiger partial charge in [-0.2, -0.15) is 0 Å². The monoisotopic (exact) mass is 276 g/mol. The van der Waals surface area contributed by atoms with Gasteiger partial charge in [-0.05, 0) is 38.3 Å². The Hall–Kier alpha value is -1.39. The summed E-state index contributed by atoms with van der Waals surface area (Å²) < 4.78 is 5.44. The Labute approximate surface area is 120 Å². The number of carbonyl (C=O) groups excluding carboxylic acids is 1. The van der Waals surface area contributed by atoms with Gasteiger partial charge in [0.15, 0.2) is 0 Å². The predicted molar refractivity (Wildman–Crippen MR) is 80.6 cm³/mol. The van der Waals surface area contributed by atoms with E-state index < -0.39 is 0 Å². The number of para-hydroxylation sites is 1. The number of ether oxygens (including phenoxy) is 1. The van der Waals surface area contributed by atoms with E-state index in [0.717, 1.165) is 30.6 Å². The smallest absolute Gasteiger partial charge is 0.241 e. The van der Waals surface area contributed by atoms with Gasteiger partial charge in [-0.3, -0.25) is 4.79 Å². The fourth-order valence-electron chi connectivity index (χ4n) is 2.51. The van der Waals surface area contributed by atoms with E-state index >= 15 is 0 Å². The molecule has 1 heterocycles. The Morgan fingerprint density at radius 2 is 2.25 bits per heavy atom. The van der Waals surface area contributed by atoms with Gasteiger partial charge in [0.05, 0.1) is 12.6 Å². The lowest BCUT2D eigenvalue weighted by molar-refractivity contribution is -0.119. The Bertz CT molecular complexity index is 448. The van der Waals surface area contributed by atoms with E-state index in [4.69, 9.17) is 4.74 Å². The molecule has 110 valence electrons. The van der Waals surface area contributed by atoms with E-state index in [1.165, 1.54) is 0 Å². The van der Waals surface area contributed by atoms with Crippen LogP contribution in [0.1, 0.15) is 32.3 Å². The molecule has 2 N–H and O–H groups in total. The lowest BCUT2D eigenvalue weighted by Gasteiger charge is -2.27. The van der Waals surface area contributed by atoms with Crippen molar-refractivity contribution in [1.29, 1.82) is 0 Å². The molecule has 2 rings (SSSR count). The number of amides is 1. The van der Waals surface area contributed by atoms with Gasteiger partial charge in [0.2, 0.25) is 5.91 Å². The summed E-state index contributed by atoms with van der Waals surface area (Å²) in [6.07, 6.45) is 2.05. The van der Waals surface area contributed by atoms with Gasteiger partial charge in [-0.25, -0.2) is 0 Å². The highest BCUT2D eigenvalue weighted by Crippen LogP contribution is 2.19. The molecule has 0 bridgehead atoms. The lowest BCUT2D eigenvalue weighted by Crippen LogP contribution is -2.45. The Morgan fingerprint density at radius 3 is 3.00 bits per heavy atom. The van der Waals surface area contributed by atoms with E-state index in [1.807, 2.05) is 31.2 Å². The first-order valence-corrected chi connectivity index (χ1v) is 7.40. The average molecular weight is 276 g/mol. The number of rotatable bonds is 5. The quantitative estimate of drug-likeness (QED) is 0.869. The van der Waals surface area contributed by atoms with Crippen molar-refractivity contribution in [2.24, 2.45) is 5.92 Å². The predicted octanol–water partition coefficient (Wildman–Crippen LogP) is 2.55. The van der Waals surface area contributed by atoms with Gasteiger partial charge >= 0.3 is 0 Å². The van der Waals surface area contributed by atoms with Gasteiger partial charge in [0.25, 0.3) is 0 Å². The number of anilines is 1. The van der Waals surface area contributed by atoms with Crippen LogP contribution in [0.4, 0.5) is 5.69 Å². The molecule has 1 fully saturated rings. The van der Waals surface area contributed by atoms with E-state index in [0.29, 0.717) is 19.1 Å². The third-order valence-corrected chi connectivity index (χ3v) is 3.72. The first-order valence-electron chi connectivity index (χ1n) is 7.40.